The molecular formula is C14H17N5O. The van der Waals surface area contributed by atoms with Gasteiger partial charge in [0.05, 0.1) is 6.20 Å². The van der Waals surface area contributed by atoms with Crippen LogP contribution >= 0.6 is 0 Å². The fraction of sp³-hybridized carbons (Fsp3) is 0.357. The van der Waals surface area contributed by atoms with Gasteiger partial charge in [-0.1, -0.05) is 18.2 Å². The summed E-state index contributed by atoms with van der Waals surface area (Å²) in [4.78, 5) is 14.4. The van der Waals surface area contributed by atoms with Crippen molar-refractivity contribution in [2.45, 2.75) is 19.4 Å². The number of rotatable bonds is 4. The molecule has 0 saturated carbocycles. The van der Waals surface area contributed by atoms with Crippen LogP contribution in [0.15, 0.2) is 30.5 Å². The number of nitrogens with one attached hydrogen (secondary N) is 2. The topological polar surface area (TPSA) is 73.9 Å². The molecule has 6 heteroatoms. The number of hydrogen-bond acceptors (Lipinski definition) is 4. The minimum atomic E-state index is -0.243. The molecule has 0 unspecified atom stereocenters. The lowest BCUT2D eigenvalue weighted by Gasteiger charge is -2.17. The maximum absolute atomic E-state index is 12.0. The molecule has 1 fully saturated rings. The van der Waals surface area contributed by atoms with Gasteiger partial charge in [0.2, 0.25) is 0 Å². The highest BCUT2D eigenvalue weighted by atomic mass is 16.2. The summed E-state index contributed by atoms with van der Waals surface area (Å²) < 4.78 is 0. The highest BCUT2D eigenvalue weighted by Crippen LogP contribution is 2.20. The second-order valence-corrected chi connectivity index (χ2v) is 4.95. The van der Waals surface area contributed by atoms with Crippen LogP contribution in [0.3, 0.4) is 0 Å². The van der Waals surface area contributed by atoms with E-state index in [0.717, 1.165) is 30.9 Å². The Morgan fingerprint density at radius 3 is 2.85 bits per heavy atom. The number of hydrogen-bond donors (Lipinski definition) is 2. The van der Waals surface area contributed by atoms with E-state index in [1.165, 1.54) is 19.0 Å². The van der Waals surface area contributed by atoms with Crippen molar-refractivity contribution >= 4 is 11.6 Å². The minimum Gasteiger partial charge on any atom is -0.320 e. The zero-order valence-corrected chi connectivity index (χ0v) is 11.2. The van der Waals surface area contributed by atoms with Gasteiger partial charge in [0.15, 0.2) is 5.69 Å². The number of H-pyrrole nitrogens is 1. The van der Waals surface area contributed by atoms with E-state index in [4.69, 9.17) is 0 Å². The molecule has 1 aromatic heterocycles. The van der Waals surface area contributed by atoms with E-state index in [2.05, 4.69) is 31.7 Å². The molecular weight excluding hydrogens is 254 g/mol. The largest absolute Gasteiger partial charge is 0.320 e. The predicted molar refractivity (Wildman–Crippen MR) is 75.3 cm³/mol. The first kappa shape index (κ1) is 12.8. The van der Waals surface area contributed by atoms with Crippen LogP contribution in [0.5, 0.6) is 0 Å². The van der Waals surface area contributed by atoms with Gasteiger partial charge < -0.3 is 5.32 Å². The molecule has 2 aromatic rings. The highest BCUT2D eigenvalue weighted by molar-refractivity contribution is 6.02. The number of likely N-dealkylation sites (tertiary alicyclic amines) is 1. The van der Waals surface area contributed by atoms with Gasteiger partial charge in [0.25, 0.3) is 5.91 Å². The molecule has 0 aliphatic carbocycles. The molecule has 2 N–H and O–H groups in total. The Labute approximate surface area is 117 Å². The van der Waals surface area contributed by atoms with E-state index in [0.29, 0.717) is 5.69 Å². The van der Waals surface area contributed by atoms with Gasteiger partial charge in [0, 0.05) is 12.2 Å². The van der Waals surface area contributed by atoms with E-state index in [1.54, 1.807) is 0 Å². The highest BCUT2D eigenvalue weighted by Gasteiger charge is 2.15. The third kappa shape index (κ3) is 2.85. The summed E-state index contributed by atoms with van der Waals surface area (Å²) >= 11 is 0. The van der Waals surface area contributed by atoms with Gasteiger partial charge in [0.1, 0.15) is 0 Å². The lowest BCUT2D eigenvalue weighted by Crippen LogP contribution is -2.20. The van der Waals surface area contributed by atoms with Crippen LogP contribution in [-0.2, 0) is 6.54 Å². The Hall–Kier alpha value is -2.21. The number of aromatic nitrogens is 3. The molecule has 2 heterocycles. The molecule has 104 valence electrons. The lowest BCUT2D eigenvalue weighted by molar-refractivity contribution is 0.102. The average molecular weight is 271 g/mol. The summed E-state index contributed by atoms with van der Waals surface area (Å²) in [6, 6.07) is 7.89. The van der Waals surface area contributed by atoms with Crippen molar-refractivity contribution < 1.29 is 4.79 Å². The number of amides is 1. The Morgan fingerprint density at radius 1 is 1.30 bits per heavy atom. The molecule has 1 amide bonds. The standard InChI is InChI=1S/C14H17N5O/c20-14(13-9-15-18-17-13)16-12-6-2-1-5-11(12)10-19-7-3-4-8-19/h1-2,5-6,9H,3-4,7-8,10H2,(H,16,20)(H,15,17,18). The van der Waals surface area contributed by atoms with Crippen molar-refractivity contribution in [3.05, 3.63) is 41.7 Å². The summed E-state index contributed by atoms with van der Waals surface area (Å²) in [5.74, 6) is -0.243. The normalized spacial score (nSPS) is 15.4. The lowest BCUT2D eigenvalue weighted by atomic mass is 10.1. The van der Waals surface area contributed by atoms with Crippen LogP contribution in [0, 0.1) is 0 Å². The summed E-state index contributed by atoms with van der Waals surface area (Å²) in [6.45, 7) is 3.13. The minimum absolute atomic E-state index is 0.243. The number of carbonyl (C=O) groups excluding carboxylic acids is 1. The van der Waals surface area contributed by atoms with Gasteiger partial charge in [-0.2, -0.15) is 15.4 Å². The number of benzene rings is 1. The van der Waals surface area contributed by atoms with E-state index >= 15 is 0 Å². The zero-order valence-electron chi connectivity index (χ0n) is 11.2. The molecule has 3 rings (SSSR count). The van der Waals surface area contributed by atoms with Gasteiger partial charge in [-0.3, -0.25) is 9.69 Å². The molecule has 0 spiro atoms. The molecule has 1 aliphatic rings. The fourth-order valence-electron chi connectivity index (χ4n) is 2.46. The Morgan fingerprint density at radius 2 is 2.10 bits per heavy atom. The van der Waals surface area contributed by atoms with Gasteiger partial charge in [-0.25, -0.2) is 0 Å². The van der Waals surface area contributed by atoms with Crippen molar-refractivity contribution in [1.82, 2.24) is 20.3 Å². The van der Waals surface area contributed by atoms with E-state index in [-0.39, 0.29) is 5.91 Å². The number of aromatic amines is 1. The first-order chi connectivity index (χ1) is 9.83. The third-order valence-corrected chi connectivity index (χ3v) is 3.51. The molecule has 0 bridgehead atoms. The maximum Gasteiger partial charge on any atom is 0.277 e. The van der Waals surface area contributed by atoms with Crippen molar-refractivity contribution in [1.29, 1.82) is 0 Å². The van der Waals surface area contributed by atoms with E-state index in [9.17, 15) is 4.79 Å². The zero-order chi connectivity index (χ0) is 13.8. The molecule has 1 aromatic carbocycles. The Balaban J connectivity index is 1.73. The first-order valence-electron chi connectivity index (χ1n) is 6.80. The summed E-state index contributed by atoms with van der Waals surface area (Å²) in [6.07, 6.45) is 3.93. The summed E-state index contributed by atoms with van der Waals surface area (Å²) in [5.41, 5.74) is 2.26. The average Bonchev–Trinajstić information content (AvgIpc) is 3.13. The quantitative estimate of drug-likeness (QED) is 0.886. The van der Waals surface area contributed by atoms with E-state index in [1.807, 2.05) is 18.2 Å². The van der Waals surface area contributed by atoms with Gasteiger partial charge in [-0.15, -0.1) is 0 Å². The first-order valence-corrected chi connectivity index (χ1v) is 6.80. The second-order valence-electron chi connectivity index (χ2n) is 4.95. The maximum atomic E-state index is 12.0. The molecule has 0 atom stereocenters. The van der Waals surface area contributed by atoms with Crippen molar-refractivity contribution in [3.8, 4) is 0 Å². The van der Waals surface area contributed by atoms with Crippen molar-refractivity contribution in [3.63, 3.8) is 0 Å². The number of anilines is 1. The van der Waals surface area contributed by atoms with Crippen LogP contribution in [0.25, 0.3) is 0 Å². The predicted octanol–water partition coefficient (Wildman–Crippen LogP) is 1.65. The fourth-order valence-corrected chi connectivity index (χ4v) is 2.46. The monoisotopic (exact) mass is 271 g/mol. The van der Waals surface area contributed by atoms with Crippen LogP contribution in [0.1, 0.15) is 28.9 Å². The molecule has 0 radical (unpaired) electrons. The summed E-state index contributed by atoms with van der Waals surface area (Å²) in [7, 11) is 0. The van der Waals surface area contributed by atoms with Crippen LogP contribution < -0.4 is 5.32 Å². The molecule has 1 aliphatic heterocycles. The number of nitrogens with zero attached hydrogens (tertiary/aromatic N) is 3. The smallest absolute Gasteiger partial charge is 0.277 e. The Bertz CT molecular complexity index is 575. The Kier molecular flexibility index (Phi) is 3.73. The van der Waals surface area contributed by atoms with Gasteiger partial charge in [-0.05, 0) is 37.6 Å². The SMILES string of the molecule is O=C(Nc1ccccc1CN1CCCC1)c1cn[nH]n1. The van der Waals surface area contributed by atoms with Crippen LogP contribution in [0.2, 0.25) is 0 Å². The number of carbonyl (C=O) groups is 1. The number of para-hydroxylation sites is 1. The van der Waals surface area contributed by atoms with Crippen molar-refractivity contribution in [2.75, 3.05) is 18.4 Å². The van der Waals surface area contributed by atoms with Crippen LogP contribution in [0.4, 0.5) is 5.69 Å². The molecule has 20 heavy (non-hydrogen) atoms. The van der Waals surface area contributed by atoms with Crippen molar-refractivity contribution in [2.24, 2.45) is 0 Å². The second kappa shape index (κ2) is 5.83. The van der Waals surface area contributed by atoms with Crippen LogP contribution in [-0.4, -0.2) is 39.3 Å². The third-order valence-electron chi connectivity index (χ3n) is 3.51. The summed E-state index contributed by atoms with van der Waals surface area (Å²) in [5, 5.41) is 12.8. The molecule has 1 saturated heterocycles. The van der Waals surface area contributed by atoms with E-state index < -0.39 is 0 Å². The van der Waals surface area contributed by atoms with Gasteiger partial charge >= 0.3 is 0 Å². The molecule has 6 nitrogen and oxygen atoms in total.